The van der Waals surface area contributed by atoms with Crippen molar-refractivity contribution in [2.75, 3.05) is 39.8 Å². The number of piperazine rings is 1. The molecule has 4 nitrogen and oxygen atoms in total. The zero-order chi connectivity index (χ0) is 13.2. The zero-order valence-corrected chi connectivity index (χ0v) is 12.2. The van der Waals surface area contributed by atoms with Crippen molar-refractivity contribution < 1.29 is 4.74 Å². The third-order valence-electron chi connectivity index (χ3n) is 4.92. The van der Waals surface area contributed by atoms with Gasteiger partial charge in [-0.15, -0.1) is 0 Å². The molecule has 1 unspecified atom stereocenters. The first-order valence-corrected chi connectivity index (χ1v) is 7.42. The minimum absolute atomic E-state index is 0.231. The van der Waals surface area contributed by atoms with Crippen LogP contribution < -0.4 is 5.73 Å². The number of nitrogens with zero attached hydrogens (tertiary/aromatic N) is 2. The standard InChI is InChI=1S/C14H29N3O/c1-4-12-10-17(7-6-16(12)3)14(11-15)8-13(9-14)18-5-2/h12-13H,4-11,15H2,1-3H3. The molecule has 0 radical (unpaired) electrons. The lowest BCUT2D eigenvalue weighted by atomic mass is 9.72. The van der Waals surface area contributed by atoms with E-state index in [4.69, 9.17) is 10.5 Å². The molecule has 18 heavy (non-hydrogen) atoms. The average molecular weight is 255 g/mol. The quantitative estimate of drug-likeness (QED) is 0.793. The van der Waals surface area contributed by atoms with Gasteiger partial charge in [0.1, 0.15) is 0 Å². The monoisotopic (exact) mass is 255 g/mol. The third-order valence-corrected chi connectivity index (χ3v) is 4.92. The number of hydrogen-bond acceptors (Lipinski definition) is 4. The van der Waals surface area contributed by atoms with Crippen LogP contribution in [0.25, 0.3) is 0 Å². The summed E-state index contributed by atoms with van der Waals surface area (Å²) in [5.74, 6) is 0. The van der Waals surface area contributed by atoms with Gasteiger partial charge in [-0.3, -0.25) is 4.90 Å². The van der Waals surface area contributed by atoms with Crippen molar-refractivity contribution in [1.82, 2.24) is 9.80 Å². The minimum Gasteiger partial charge on any atom is -0.378 e. The molecule has 1 atom stereocenters. The largest absolute Gasteiger partial charge is 0.378 e. The molecule has 106 valence electrons. The Bertz CT molecular complexity index is 266. The second kappa shape index (κ2) is 5.87. The van der Waals surface area contributed by atoms with E-state index in [1.807, 2.05) is 0 Å². The van der Waals surface area contributed by atoms with Gasteiger partial charge in [-0.05, 0) is 33.2 Å². The Morgan fingerprint density at radius 3 is 2.56 bits per heavy atom. The summed E-state index contributed by atoms with van der Waals surface area (Å²) < 4.78 is 5.71. The summed E-state index contributed by atoms with van der Waals surface area (Å²) >= 11 is 0. The van der Waals surface area contributed by atoms with Crippen LogP contribution in [0.4, 0.5) is 0 Å². The fourth-order valence-corrected chi connectivity index (χ4v) is 3.51. The second-order valence-corrected chi connectivity index (χ2v) is 5.90. The number of rotatable bonds is 5. The molecule has 1 saturated carbocycles. The second-order valence-electron chi connectivity index (χ2n) is 5.90. The summed E-state index contributed by atoms with van der Waals surface area (Å²) in [6, 6.07) is 0.688. The van der Waals surface area contributed by atoms with Crippen molar-refractivity contribution in [2.45, 2.75) is 50.8 Å². The van der Waals surface area contributed by atoms with Crippen molar-refractivity contribution in [3.05, 3.63) is 0 Å². The first-order valence-electron chi connectivity index (χ1n) is 7.42. The predicted octanol–water partition coefficient (Wildman–Crippen LogP) is 0.909. The van der Waals surface area contributed by atoms with Crippen molar-refractivity contribution in [3.8, 4) is 0 Å². The fourth-order valence-electron chi connectivity index (χ4n) is 3.51. The van der Waals surface area contributed by atoms with E-state index in [-0.39, 0.29) is 5.54 Å². The first kappa shape index (κ1) is 14.3. The van der Waals surface area contributed by atoms with Crippen LogP contribution in [0, 0.1) is 0 Å². The van der Waals surface area contributed by atoms with Gasteiger partial charge in [0.2, 0.25) is 0 Å². The SMILES string of the molecule is CCOC1CC(CN)(N2CCN(C)C(CC)C2)C1. The van der Waals surface area contributed by atoms with Gasteiger partial charge in [-0.25, -0.2) is 0 Å². The summed E-state index contributed by atoms with van der Waals surface area (Å²) in [5, 5.41) is 0. The molecule has 2 N–H and O–H groups in total. The minimum atomic E-state index is 0.231. The first-order chi connectivity index (χ1) is 8.65. The van der Waals surface area contributed by atoms with Crippen molar-refractivity contribution in [3.63, 3.8) is 0 Å². The van der Waals surface area contributed by atoms with E-state index in [0.29, 0.717) is 12.1 Å². The molecule has 1 aliphatic carbocycles. The molecular weight excluding hydrogens is 226 g/mol. The van der Waals surface area contributed by atoms with Crippen LogP contribution in [0.1, 0.15) is 33.1 Å². The highest BCUT2D eigenvalue weighted by Gasteiger charge is 2.49. The van der Waals surface area contributed by atoms with Crippen LogP contribution in [-0.4, -0.2) is 67.3 Å². The van der Waals surface area contributed by atoms with E-state index in [2.05, 4.69) is 30.7 Å². The topological polar surface area (TPSA) is 41.7 Å². The van der Waals surface area contributed by atoms with Crippen LogP contribution >= 0.6 is 0 Å². The van der Waals surface area contributed by atoms with Crippen LogP contribution in [0.5, 0.6) is 0 Å². The molecule has 1 aliphatic heterocycles. The van der Waals surface area contributed by atoms with Gasteiger partial charge in [0, 0.05) is 44.4 Å². The molecule has 0 amide bonds. The Morgan fingerprint density at radius 2 is 2.00 bits per heavy atom. The molecule has 0 aromatic carbocycles. The maximum Gasteiger partial charge on any atom is 0.0611 e. The van der Waals surface area contributed by atoms with Crippen LogP contribution in [0.15, 0.2) is 0 Å². The molecule has 0 spiro atoms. The summed E-state index contributed by atoms with van der Waals surface area (Å²) in [6.45, 7) is 9.45. The lowest BCUT2D eigenvalue weighted by molar-refractivity contribution is -0.116. The number of nitrogens with two attached hydrogens (primary N) is 1. The lowest BCUT2D eigenvalue weighted by Crippen LogP contribution is -2.68. The number of likely N-dealkylation sites (N-methyl/N-ethyl adjacent to an activating group) is 1. The van der Waals surface area contributed by atoms with E-state index in [0.717, 1.165) is 32.5 Å². The molecule has 2 fully saturated rings. The maximum absolute atomic E-state index is 6.07. The molecule has 2 rings (SSSR count). The smallest absolute Gasteiger partial charge is 0.0611 e. The summed E-state index contributed by atoms with van der Waals surface area (Å²) in [4.78, 5) is 5.12. The number of hydrogen-bond donors (Lipinski definition) is 1. The van der Waals surface area contributed by atoms with Crippen LogP contribution in [0.2, 0.25) is 0 Å². The zero-order valence-electron chi connectivity index (χ0n) is 12.2. The lowest BCUT2D eigenvalue weighted by Gasteiger charge is -2.56. The van der Waals surface area contributed by atoms with E-state index in [1.54, 1.807) is 0 Å². The summed E-state index contributed by atoms with van der Waals surface area (Å²) in [5.41, 5.74) is 6.30. The van der Waals surface area contributed by atoms with Gasteiger partial charge in [0.05, 0.1) is 6.10 Å². The Labute approximate surface area is 111 Å². The summed E-state index contributed by atoms with van der Waals surface area (Å²) in [6.07, 6.45) is 3.91. The molecule has 0 aromatic rings. The van der Waals surface area contributed by atoms with Crippen molar-refractivity contribution in [1.29, 1.82) is 0 Å². The summed E-state index contributed by atoms with van der Waals surface area (Å²) in [7, 11) is 2.24. The Hall–Kier alpha value is -0.160. The fraction of sp³-hybridized carbons (Fsp3) is 1.00. The Balaban J connectivity index is 1.93. The van der Waals surface area contributed by atoms with Gasteiger partial charge in [0.15, 0.2) is 0 Å². The molecule has 2 aliphatic rings. The van der Waals surface area contributed by atoms with Gasteiger partial charge in [-0.1, -0.05) is 6.92 Å². The molecule has 0 aromatic heterocycles. The van der Waals surface area contributed by atoms with E-state index in [9.17, 15) is 0 Å². The molecule has 1 heterocycles. The average Bonchev–Trinajstić information content (AvgIpc) is 2.34. The highest BCUT2D eigenvalue weighted by atomic mass is 16.5. The Kier molecular flexibility index (Phi) is 4.64. The maximum atomic E-state index is 6.07. The predicted molar refractivity (Wildman–Crippen MR) is 74.7 cm³/mol. The van der Waals surface area contributed by atoms with Crippen LogP contribution in [0.3, 0.4) is 0 Å². The highest BCUT2D eigenvalue weighted by Crippen LogP contribution is 2.40. The Morgan fingerprint density at radius 1 is 1.28 bits per heavy atom. The van der Waals surface area contributed by atoms with E-state index >= 15 is 0 Å². The van der Waals surface area contributed by atoms with Crippen molar-refractivity contribution >= 4 is 0 Å². The molecular formula is C14H29N3O. The van der Waals surface area contributed by atoms with E-state index < -0.39 is 0 Å². The van der Waals surface area contributed by atoms with Gasteiger partial charge >= 0.3 is 0 Å². The van der Waals surface area contributed by atoms with Gasteiger partial charge < -0.3 is 15.4 Å². The highest BCUT2D eigenvalue weighted by molar-refractivity contribution is 5.06. The molecule has 0 bridgehead atoms. The van der Waals surface area contributed by atoms with Gasteiger partial charge in [-0.2, -0.15) is 0 Å². The van der Waals surface area contributed by atoms with Crippen molar-refractivity contribution in [2.24, 2.45) is 5.73 Å². The number of ether oxygens (including phenoxy) is 1. The van der Waals surface area contributed by atoms with Gasteiger partial charge in [0.25, 0.3) is 0 Å². The third kappa shape index (κ3) is 2.57. The molecule has 4 heteroatoms. The molecule has 1 saturated heterocycles. The normalized spacial score (nSPS) is 38.7. The van der Waals surface area contributed by atoms with E-state index in [1.165, 1.54) is 19.5 Å². The van der Waals surface area contributed by atoms with Crippen LogP contribution in [-0.2, 0) is 4.74 Å².